The number of rotatable bonds is 10. The molecule has 0 aliphatic carbocycles. The van der Waals surface area contributed by atoms with Gasteiger partial charge in [0.1, 0.15) is 16.5 Å². The van der Waals surface area contributed by atoms with Crippen molar-refractivity contribution >= 4 is 46.7 Å². The molecule has 1 saturated heterocycles. The number of methoxy groups -OCH3 is 1. The van der Waals surface area contributed by atoms with Crippen molar-refractivity contribution in [1.82, 2.24) is 29.5 Å². The van der Waals surface area contributed by atoms with E-state index in [1.165, 1.54) is 28.7 Å². The lowest BCUT2D eigenvalue weighted by Crippen LogP contribution is -2.48. The SMILES string of the molecule is COc1ccccc1-n1c(SCc2nc(C(=O)N3CCN(CC=Cc4ccccc4)CC3)cs2)nnc1-c1ccccc1Cl. The predicted molar refractivity (Wildman–Crippen MR) is 178 cm³/mol. The Balaban J connectivity index is 1.11. The van der Waals surface area contributed by atoms with Gasteiger partial charge in [-0.2, -0.15) is 0 Å². The quantitative estimate of drug-likeness (QED) is 0.155. The second kappa shape index (κ2) is 14.2. The van der Waals surface area contributed by atoms with Gasteiger partial charge in [-0.1, -0.05) is 90.1 Å². The van der Waals surface area contributed by atoms with E-state index in [9.17, 15) is 4.79 Å². The zero-order valence-corrected chi connectivity index (χ0v) is 26.6. The molecule has 2 aromatic heterocycles. The average Bonchev–Trinajstić information content (AvgIpc) is 3.72. The molecule has 1 aliphatic heterocycles. The summed E-state index contributed by atoms with van der Waals surface area (Å²) in [5.41, 5.74) is 3.27. The first kappa shape index (κ1) is 30.1. The van der Waals surface area contributed by atoms with Crippen molar-refractivity contribution in [3.05, 3.63) is 112 Å². The molecule has 0 unspecified atom stereocenters. The average molecular weight is 643 g/mol. The van der Waals surface area contributed by atoms with Gasteiger partial charge in [-0.15, -0.1) is 21.5 Å². The molecule has 3 aromatic carbocycles. The third-order valence-corrected chi connectivity index (χ3v) is 9.60. The van der Waals surface area contributed by atoms with Crippen LogP contribution in [-0.2, 0) is 5.75 Å². The van der Waals surface area contributed by atoms with Crippen LogP contribution < -0.4 is 4.74 Å². The zero-order valence-electron chi connectivity index (χ0n) is 24.2. The molecule has 1 amide bonds. The fraction of sp³-hybridized carbons (Fsp3) is 0.212. The number of carbonyl (C=O) groups excluding carboxylic acids is 1. The van der Waals surface area contributed by atoms with Crippen molar-refractivity contribution in [2.45, 2.75) is 10.9 Å². The summed E-state index contributed by atoms with van der Waals surface area (Å²) in [6.45, 7) is 3.92. The number of aromatic nitrogens is 4. The molecular formula is C33H31ClN6O2S2. The van der Waals surface area contributed by atoms with Crippen molar-refractivity contribution in [3.63, 3.8) is 0 Å². The Morgan fingerprint density at radius 3 is 2.52 bits per heavy atom. The lowest BCUT2D eigenvalue weighted by molar-refractivity contribution is 0.0645. The molecule has 11 heteroatoms. The number of thioether (sulfide) groups is 1. The van der Waals surface area contributed by atoms with Crippen LogP contribution in [0, 0.1) is 0 Å². The van der Waals surface area contributed by atoms with Crippen molar-refractivity contribution in [3.8, 4) is 22.8 Å². The van der Waals surface area contributed by atoms with E-state index in [1.54, 1.807) is 7.11 Å². The Kier molecular flexibility index (Phi) is 9.72. The van der Waals surface area contributed by atoms with Crippen LogP contribution in [0.5, 0.6) is 5.75 Å². The summed E-state index contributed by atoms with van der Waals surface area (Å²) >= 11 is 9.54. The summed E-state index contributed by atoms with van der Waals surface area (Å²) in [7, 11) is 1.64. The van der Waals surface area contributed by atoms with Crippen LogP contribution in [0.15, 0.2) is 95.5 Å². The smallest absolute Gasteiger partial charge is 0.273 e. The number of nitrogens with zero attached hydrogens (tertiary/aromatic N) is 6. The highest BCUT2D eigenvalue weighted by Crippen LogP contribution is 2.36. The van der Waals surface area contributed by atoms with Gasteiger partial charge < -0.3 is 9.64 Å². The number of carbonyl (C=O) groups is 1. The second-order valence-corrected chi connectivity index (χ2v) is 12.4. The number of benzene rings is 3. The molecule has 1 aliphatic rings. The summed E-state index contributed by atoms with van der Waals surface area (Å²) in [5.74, 6) is 1.83. The fourth-order valence-electron chi connectivity index (χ4n) is 5.01. The molecule has 0 spiro atoms. The minimum Gasteiger partial charge on any atom is -0.495 e. The van der Waals surface area contributed by atoms with E-state index in [0.717, 1.165) is 35.9 Å². The van der Waals surface area contributed by atoms with Gasteiger partial charge in [0, 0.05) is 43.7 Å². The van der Waals surface area contributed by atoms with E-state index in [2.05, 4.69) is 39.4 Å². The second-order valence-electron chi connectivity index (χ2n) is 10.1. The van der Waals surface area contributed by atoms with Gasteiger partial charge in [-0.25, -0.2) is 4.98 Å². The van der Waals surface area contributed by atoms with E-state index in [4.69, 9.17) is 21.3 Å². The summed E-state index contributed by atoms with van der Waals surface area (Å²) in [5, 5.41) is 13.0. The largest absolute Gasteiger partial charge is 0.495 e. The molecule has 0 radical (unpaired) electrons. The van der Waals surface area contributed by atoms with Crippen LogP contribution in [0.3, 0.4) is 0 Å². The molecule has 1 fully saturated rings. The molecule has 44 heavy (non-hydrogen) atoms. The normalized spacial score (nSPS) is 13.9. The molecule has 0 bridgehead atoms. The van der Waals surface area contributed by atoms with Crippen LogP contribution in [0.25, 0.3) is 23.2 Å². The minimum absolute atomic E-state index is 0.0184. The summed E-state index contributed by atoms with van der Waals surface area (Å²) in [6.07, 6.45) is 4.33. The lowest BCUT2D eigenvalue weighted by Gasteiger charge is -2.33. The van der Waals surface area contributed by atoms with Crippen molar-refractivity contribution in [2.75, 3.05) is 39.8 Å². The Morgan fingerprint density at radius 2 is 1.73 bits per heavy atom. The van der Waals surface area contributed by atoms with Crippen LogP contribution in [0.2, 0.25) is 5.02 Å². The van der Waals surface area contributed by atoms with Crippen molar-refractivity contribution in [2.24, 2.45) is 0 Å². The predicted octanol–water partition coefficient (Wildman–Crippen LogP) is 6.82. The summed E-state index contributed by atoms with van der Waals surface area (Å²) in [4.78, 5) is 22.2. The van der Waals surface area contributed by atoms with Gasteiger partial charge in [0.05, 0.1) is 23.6 Å². The van der Waals surface area contributed by atoms with Crippen molar-refractivity contribution < 1.29 is 9.53 Å². The van der Waals surface area contributed by atoms with Gasteiger partial charge in [0.15, 0.2) is 11.0 Å². The first-order valence-corrected chi connectivity index (χ1v) is 16.5. The van der Waals surface area contributed by atoms with Gasteiger partial charge in [-0.05, 0) is 29.8 Å². The number of hydrogen-bond donors (Lipinski definition) is 0. The number of para-hydroxylation sites is 2. The fourth-order valence-corrected chi connectivity index (χ4v) is 6.96. The van der Waals surface area contributed by atoms with Gasteiger partial charge in [-0.3, -0.25) is 14.3 Å². The molecule has 5 aromatic rings. The maximum atomic E-state index is 13.3. The Labute approximate surface area is 270 Å². The molecule has 0 saturated carbocycles. The van der Waals surface area contributed by atoms with Crippen LogP contribution in [0.1, 0.15) is 21.1 Å². The molecule has 224 valence electrons. The maximum absolute atomic E-state index is 13.3. The highest BCUT2D eigenvalue weighted by molar-refractivity contribution is 7.98. The molecule has 0 atom stereocenters. The minimum atomic E-state index is -0.0184. The molecule has 6 rings (SSSR count). The van der Waals surface area contributed by atoms with Gasteiger partial charge >= 0.3 is 0 Å². The van der Waals surface area contributed by atoms with Crippen LogP contribution >= 0.6 is 34.7 Å². The summed E-state index contributed by atoms with van der Waals surface area (Å²) < 4.78 is 7.62. The molecular weight excluding hydrogens is 612 g/mol. The van der Waals surface area contributed by atoms with E-state index < -0.39 is 0 Å². The Bertz CT molecular complexity index is 1750. The van der Waals surface area contributed by atoms with Crippen LogP contribution in [0.4, 0.5) is 0 Å². The highest BCUT2D eigenvalue weighted by atomic mass is 35.5. The number of thiazole rings is 1. The Hall–Kier alpha value is -3.96. The van der Waals surface area contributed by atoms with E-state index in [1.807, 2.05) is 81.6 Å². The number of ether oxygens (including phenoxy) is 1. The maximum Gasteiger partial charge on any atom is 0.273 e. The van der Waals surface area contributed by atoms with Crippen LogP contribution in [-0.4, -0.2) is 75.3 Å². The first-order valence-electron chi connectivity index (χ1n) is 14.2. The standard InChI is InChI=1S/C33H31ClN6O2S2/c1-42-29-16-8-7-15-28(29)40-31(25-13-5-6-14-26(25)34)36-37-33(40)44-23-30-35-27(22-43-30)32(41)39-20-18-38(19-21-39)17-9-12-24-10-3-2-4-11-24/h2-16,22H,17-21,23H2,1H3. The lowest BCUT2D eigenvalue weighted by atomic mass is 10.2. The monoisotopic (exact) mass is 642 g/mol. The van der Waals surface area contributed by atoms with E-state index >= 15 is 0 Å². The third kappa shape index (κ3) is 6.89. The molecule has 3 heterocycles. The molecule has 0 N–H and O–H groups in total. The Morgan fingerprint density at radius 1 is 0.977 bits per heavy atom. The zero-order chi connectivity index (χ0) is 30.3. The first-order chi connectivity index (χ1) is 21.6. The van der Waals surface area contributed by atoms with Crippen molar-refractivity contribution in [1.29, 1.82) is 0 Å². The number of amides is 1. The third-order valence-electron chi connectivity index (χ3n) is 7.30. The topological polar surface area (TPSA) is 76.4 Å². The van der Waals surface area contributed by atoms with E-state index in [-0.39, 0.29) is 5.91 Å². The molecule has 8 nitrogen and oxygen atoms in total. The number of halogens is 1. The highest BCUT2D eigenvalue weighted by Gasteiger charge is 2.24. The number of hydrogen-bond acceptors (Lipinski definition) is 8. The summed E-state index contributed by atoms with van der Waals surface area (Å²) in [6, 6.07) is 25.6. The van der Waals surface area contributed by atoms with Gasteiger partial charge in [0.25, 0.3) is 5.91 Å². The number of piperazine rings is 1. The van der Waals surface area contributed by atoms with Gasteiger partial charge in [0.2, 0.25) is 0 Å². The van der Waals surface area contributed by atoms with E-state index in [0.29, 0.717) is 46.3 Å².